The van der Waals surface area contributed by atoms with Crippen molar-refractivity contribution in [1.29, 1.82) is 0 Å². The van der Waals surface area contributed by atoms with Crippen LogP contribution in [0.4, 0.5) is 5.69 Å². The van der Waals surface area contributed by atoms with Crippen molar-refractivity contribution in [2.24, 2.45) is 0 Å². The van der Waals surface area contributed by atoms with Crippen LogP contribution in [0.5, 0.6) is 5.75 Å². The van der Waals surface area contributed by atoms with Gasteiger partial charge in [0.05, 0.1) is 18.3 Å². The second-order valence-corrected chi connectivity index (χ2v) is 7.20. The molecule has 5 heterocycles. The average Bonchev–Trinajstić information content (AvgIpc) is 3.24. The summed E-state index contributed by atoms with van der Waals surface area (Å²) in [5.41, 5.74) is 5.22. The monoisotopic (exact) mass is 395 g/mol. The van der Waals surface area contributed by atoms with E-state index in [0.717, 1.165) is 34.3 Å². The first-order chi connectivity index (χ1) is 14.8. The molecule has 8 heteroatoms. The fourth-order valence-electron chi connectivity index (χ4n) is 3.83. The zero-order valence-electron chi connectivity index (χ0n) is 16.2. The van der Waals surface area contributed by atoms with E-state index in [0.29, 0.717) is 29.5 Å². The molecule has 1 aliphatic rings. The molecular weight excluding hydrogens is 378 g/mol. The Kier molecular flexibility index (Phi) is 3.64. The molecule has 6 rings (SSSR count). The van der Waals surface area contributed by atoms with Crippen molar-refractivity contribution >= 4 is 22.2 Å². The van der Waals surface area contributed by atoms with Gasteiger partial charge >= 0.3 is 0 Å². The van der Waals surface area contributed by atoms with Gasteiger partial charge in [-0.1, -0.05) is 24.3 Å². The van der Waals surface area contributed by atoms with Gasteiger partial charge in [-0.25, -0.2) is 4.98 Å². The van der Waals surface area contributed by atoms with Crippen molar-refractivity contribution in [3.05, 3.63) is 61.1 Å². The minimum atomic E-state index is 0.580. The lowest BCUT2D eigenvalue weighted by Crippen LogP contribution is -2.29. The molecule has 0 fully saturated rings. The van der Waals surface area contributed by atoms with E-state index in [1.165, 1.54) is 0 Å². The molecule has 0 aliphatic carbocycles. The molecular formula is C22H17N7O. The number of likely N-dealkylation sites (N-methyl/N-ethyl adjacent to an activating group) is 1. The van der Waals surface area contributed by atoms with E-state index >= 15 is 0 Å². The molecule has 146 valence electrons. The number of pyridine rings is 2. The van der Waals surface area contributed by atoms with E-state index in [1.807, 2.05) is 37.4 Å². The largest absolute Gasteiger partial charge is 0.486 e. The number of aromatic nitrogens is 6. The fraction of sp³-hybridized carbons (Fsp3) is 0.136. The van der Waals surface area contributed by atoms with Gasteiger partial charge in [0.1, 0.15) is 18.0 Å². The van der Waals surface area contributed by atoms with Gasteiger partial charge in [-0.05, 0) is 23.8 Å². The number of benzene rings is 1. The van der Waals surface area contributed by atoms with Crippen molar-refractivity contribution in [1.82, 2.24) is 29.8 Å². The molecule has 0 saturated carbocycles. The molecule has 1 aliphatic heterocycles. The van der Waals surface area contributed by atoms with E-state index < -0.39 is 0 Å². The molecule has 0 atom stereocenters. The topological polar surface area (TPSA) is 81.3 Å². The maximum atomic E-state index is 5.87. The Bertz CT molecular complexity index is 1400. The normalized spacial score (nSPS) is 13.4. The van der Waals surface area contributed by atoms with Crippen LogP contribution in [0, 0.1) is 0 Å². The molecule has 0 spiro atoms. The molecule has 0 N–H and O–H groups in total. The van der Waals surface area contributed by atoms with Crippen LogP contribution in [0.1, 0.15) is 0 Å². The summed E-state index contributed by atoms with van der Waals surface area (Å²) in [6.07, 6.45) is 5.36. The summed E-state index contributed by atoms with van der Waals surface area (Å²) >= 11 is 0. The Morgan fingerprint density at radius 1 is 1.00 bits per heavy atom. The highest BCUT2D eigenvalue weighted by atomic mass is 16.5. The molecule has 8 nitrogen and oxygen atoms in total. The van der Waals surface area contributed by atoms with Crippen molar-refractivity contribution < 1.29 is 4.74 Å². The number of ether oxygens (including phenoxy) is 1. The zero-order chi connectivity index (χ0) is 20.1. The summed E-state index contributed by atoms with van der Waals surface area (Å²) < 4.78 is 7.57. The summed E-state index contributed by atoms with van der Waals surface area (Å²) in [6, 6.07) is 14.1. The van der Waals surface area contributed by atoms with Gasteiger partial charge < -0.3 is 9.64 Å². The number of para-hydroxylation sites is 1. The number of hydrogen-bond acceptors (Lipinski definition) is 7. The molecule has 0 amide bonds. The summed E-state index contributed by atoms with van der Waals surface area (Å²) in [7, 11) is 2.02. The first-order valence-corrected chi connectivity index (χ1v) is 9.68. The van der Waals surface area contributed by atoms with Crippen LogP contribution in [0.25, 0.3) is 39.2 Å². The van der Waals surface area contributed by atoms with Crippen molar-refractivity contribution in [2.75, 3.05) is 25.1 Å². The quantitative estimate of drug-likeness (QED) is 0.454. The third-order valence-electron chi connectivity index (χ3n) is 5.40. The Hall–Kier alpha value is -4.07. The summed E-state index contributed by atoms with van der Waals surface area (Å²) in [6.45, 7) is 1.42. The predicted molar refractivity (Wildman–Crippen MR) is 114 cm³/mol. The zero-order valence-corrected chi connectivity index (χ0v) is 16.2. The van der Waals surface area contributed by atoms with Crippen molar-refractivity contribution in [3.63, 3.8) is 0 Å². The number of fused-ring (bicyclic) bond motifs is 4. The predicted octanol–water partition coefficient (Wildman–Crippen LogP) is 3.23. The summed E-state index contributed by atoms with van der Waals surface area (Å²) in [5, 5.41) is 14.4. The van der Waals surface area contributed by atoms with Gasteiger partial charge in [-0.15, -0.1) is 10.2 Å². The van der Waals surface area contributed by atoms with E-state index in [9.17, 15) is 0 Å². The van der Waals surface area contributed by atoms with Crippen molar-refractivity contribution in [3.8, 4) is 28.4 Å². The number of anilines is 1. The maximum absolute atomic E-state index is 5.87. The van der Waals surface area contributed by atoms with Crippen molar-refractivity contribution in [2.45, 2.75) is 0 Å². The third kappa shape index (κ3) is 2.50. The van der Waals surface area contributed by atoms with Gasteiger partial charge in [0.2, 0.25) is 11.5 Å². The Morgan fingerprint density at radius 3 is 2.80 bits per heavy atom. The van der Waals surface area contributed by atoms with Gasteiger partial charge in [0, 0.05) is 30.4 Å². The Labute approximate surface area is 171 Å². The number of rotatable bonds is 2. The smallest absolute Gasteiger partial charge is 0.222 e. The molecule has 0 unspecified atom stereocenters. The Balaban J connectivity index is 1.55. The SMILES string of the molecule is CN1CCOc2c1cnn1c(-c3ccc4cccc(-c5ccncc5)c4n3)nnc21. The number of hydrogen-bond donors (Lipinski definition) is 0. The van der Waals surface area contributed by atoms with E-state index in [4.69, 9.17) is 9.72 Å². The van der Waals surface area contributed by atoms with Crippen LogP contribution in [-0.2, 0) is 0 Å². The fourth-order valence-corrected chi connectivity index (χ4v) is 3.83. The van der Waals surface area contributed by atoms with Gasteiger partial charge in [-0.3, -0.25) is 4.98 Å². The molecule has 0 saturated heterocycles. The lowest BCUT2D eigenvalue weighted by Gasteiger charge is -2.26. The van der Waals surface area contributed by atoms with Gasteiger partial charge in [-0.2, -0.15) is 9.61 Å². The first-order valence-electron chi connectivity index (χ1n) is 9.68. The average molecular weight is 395 g/mol. The first kappa shape index (κ1) is 16.8. The highest BCUT2D eigenvalue weighted by molar-refractivity contribution is 5.94. The van der Waals surface area contributed by atoms with Crippen LogP contribution in [0.3, 0.4) is 0 Å². The highest BCUT2D eigenvalue weighted by Crippen LogP contribution is 2.34. The minimum absolute atomic E-state index is 0.580. The molecule has 0 radical (unpaired) electrons. The minimum Gasteiger partial charge on any atom is -0.486 e. The molecule has 0 bridgehead atoms. The van der Waals surface area contributed by atoms with Crippen LogP contribution in [-0.4, -0.2) is 50.0 Å². The van der Waals surface area contributed by atoms with Crippen LogP contribution in [0.2, 0.25) is 0 Å². The second kappa shape index (κ2) is 6.48. The van der Waals surface area contributed by atoms with Crippen LogP contribution < -0.4 is 9.64 Å². The van der Waals surface area contributed by atoms with E-state index in [1.54, 1.807) is 23.1 Å². The molecule has 1 aromatic carbocycles. The summed E-state index contributed by atoms with van der Waals surface area (Å²) in [4.78, 5) is 11.2. The third-order valence-corrected chi connectivity index (χ3v) is 5.40. The maximum Gasteiger partial charge on any atom is 0.222 e. The second-order valence-electron chi connectivity index (χ2n) is 7.20. The number of nitrogens with zero attached hydrogens (tertiary/aromatic N) is 7. The Morgan fingerprint density at radius 2 is 1.90 bits per heavy atom. The van der Waals surface area contributed by atoms with Gasteiger partial charge in [0.25, 0.3) is 0 Å². The lowest BCUT2D eigenvalue weighted by molar-refractivity contribution is 0.312. The van der Waals surface area contributed by atoms with E-state index in [2.05, 4.69) is 37.3 Å². The standard InChI is InChI=1S/C22H17N7O/c1-28-11-12-30-20-18(28)13-24-29-21(26-27-22(20)29)17-6-5-15-3-2-4-16(19(15)25-17)14-7-9-23-10-8-14/h2-10,13H,11-12H2,1H3. The highest BCUT2D eigenvalue weighted by Gasteiger charge is 2.23. The van der Waals surface area contributed by atoms with Gasteiger partial charge in [0.15, 0.2) is 5.75 Å². The van der Waals surface area contributed by atoms with E-state index in [-0.39, 0.29) is 0 Å². The van der Waals surface area contributed by atoms with Crippen LogP contribution in [0.15, 0.2) is 61.1 Å². The molecule has 30 heavy (non-hydrogen) atoms. The molecule has 5 aromatic rings. The molecule has 4 aromatic heterocycles. The lowest BCUT2D eigenvalue weighted by atomic mass is 10.0. The summed E-state index contributed by atoms with van der Waals surface area (Å²) in [5.74, 6) is 1.28. The van der Waals surface area contributed by atoms with Crippen LogP contribution >= 0.6 is 0 Å².